The molecule has 0 saturated heterocycles. The smallest absolute Gasteiger partial charge is 0.249 e. The molecule has 88 valence electrons. The van der Waals surface area contributed by atoms with Crippen LogP contribution in [0.25, 0.3) is 0 Å². The van der Waals surface area contributed by atoms with Crippen LogP contribution in [0, 0.1) is 0 Å². The highest BCUT2D eigenvalue weighted by atomic mass is 16.2. The van der Waals surface area contributed by atoms with Crippen molar-refractivity contribution in [1.29, 1.82) is 0 Å². The normalized spacial score (nSPS) is 14.0. The summed E-state index contributed by atoms with van der Waals surface area (Å²) in [7, 11) is 0. The number of nitrogens with zero attached hydrogens (tertiary/aromatic N) is 1. The largest absolute Gasteiger partial charge is 0.314 e. The Morgan fingerprint density at radius 3 is 2.65 bits per heavy atom. The van der Waals surface area contributed by atoms with E-state index >= 15 is 0 Å². The molecule has 1 amide bonds. The number of anilines is 1. The average molecular weight is 230 g/mol. The van der Waals surface area contributed by atoms with Crippen molar-refractivity contribution in [2.24, 2.45) is 5.73 Å². The van der Waals surface area contributed by atoms with Crippen LogP contribution in [0.15, 0.2) is 42.6 Å². The first-order valence-corrected chi connectivity index (χ1v) is 5.26. The van der Waals surface area contributed by atoms with E-state index in [1.165, 1.54) is 0 Å². The quantitative estimate of drug-likeness (QED) is 0.741. The highest BCUT2D eigenvalue weighted by Gasteiger charge is 2.30. The Morgan fingerprint density at radius 1 is 1.35 bits per heavy atom. The molecule has 1 unspecified atom stereocenters. The number of amides is 1. The van der Waals surface area contributed by atoms with Crippen LogP contribution in [0.5, 0.6) is 0 Å². The molecule has 0 saturated carbocycles. The number of nitrogens with two attached hydrogens (primary N) is 1. The van der Waals surface area contributed by atoms with Crippen LogP contribution >= 0.6 is 0 Å². The van der Waals surface area contributed by atoms with Crippen LogP contribution in [-0.2, 0) is 10.3 Å². The van der Waals surface area contributed by atoms with Gasteiger partial charge in [0.25, 0.3) is 0 Å². The van der Waals surface area contributed by atoms with Gasteiger partial charge in [-0.1, -0.05) is 30.3 Å². The van der Waals surface area contributed by atoms with Crippen LogP contribution in [0.2, 0.25) is 0 Å². The summed E-state index contributed by atoms with van der Waals surface area (Å²) in [4.78, 5) is 12.0. The lowest BCUT2D eigenvalue weighted by molar-refractivity contribution is -0.120. The molecule has 0 radical (unpaired) electrons. The fraction of sp³-hybridized carbons (Fsp3) is 0.167. The van der Waals surface area contributed by atoms with Crippen molar-refractivity contribution in [3.8, 4) is 0 Å². The minimum Gasteiger partial charge on any atom is -0.314 e. The van der Waals surface area contributed by atoms with E-state index in [2.05, 4.69) is 15.5 Å². The zero-order valence-corrected chi connectivity index (χ0v) is 9.47. The Morgan fingerprint density at radius 2 is 2.06 bits per heavy atom. The van der Waals surface area contributed by atoms with Gasteiger partial charge in [-0.25, -0.2) is 0 Å². The van der Waals surface area contributed by atoms with E-state index in [9.17, 15) is 4.79 Å². The van der Waals surface area contributed by atoms with Crippen LogP contribution < -0.4 is 11.1 Å². The van der Waals surface area contributed by atoms with E-state index in [1.54, 1.807) is 19.2 Å². The summed E-state index contributed by atoms with van der Waals surface area (Å²) in [6.07, 6.45) is 1.56. The first kappa shape index (κ1) is 11.3. The molecule has 0 spiro atoms. The SMILES string of the molecule is CC(N)(C(=O)Nc1ccn[nH]1)c1ccccc1. The maximum atomic E-state index is 12.0. The number of carbonyl (C=O) groups excluding carboxylic acids is 1. The molecule has 0 aliphatic rings. The van der Waals surface area contributed by atoms with Gasteiger partial charge >= 0.3 is 0 Å². The maximum Gasteiger partial charge on any atom is 0.249 e. The maximum absolute atomic E-state index is 12.0. The first-order valence-electron chi connectivity index (χ1n) is 5.26. The highest BCUT2D eigenvalue weighted by molar-refractivity contribution is 5.97. The third-order valence-corrected chi connectivity index (χ3v) is 2.59. The van der Waals surface area contributed by atoms with Gasteiger partial charge < -0.3 is 11.1 Å². The zero-order valence-electron chi connectivity index (χ0n) is 9.47. The van der Waals surface area contributed by atoms with E-state index in [-0.39, 0.29) is 5.91 Å². The minimum absolute atomic E-state index is 0.284. The summed E-state index contributed by atoms with van der Waals surface area (Å²) in [5.41, 5.74) is 5.74. The summed E-state index contributed by atoms with van der Waals surface area (Å²) < 4.78 is 0. The Balaban J connectivity index is 2.18. The second-order valence-electron chi connectivity index (χ2n) is 3.99. The molecule has 17 heavy (non-hydrogen) atoms. The monoisotopic (exact) mass is 230 g/mol. The van der Waals surface area contributed by atoms with Crippen molar-refractivity contribution in [3.05, 3.63) is 48.2 Å². The van der Waals surface area contributed by atoms with Crippen molar-refractivity contribution in [3.63, 3.8) is 0 Å². The molecule has 0 fully saturated rings. The lowest BCUT2D eigenvalue weighted by Gasteiger charge is -2.23. The number of benzene rings is 1. The standard InChI is InChI=1S/C12H14N4O/c1-12(13,9-5-3-2-4-6-9)11(17)15-10-7-8-14-16-10/h2-8H,13H2,1H3,(H2,14,15,16,17). The molecule has 1 aromatic heterocycles. The lowest BCUT2D eigenvalue weighted by atomic mass is 9.92. The molecular weight excluding hydrogens is 216 g/mol. The predicted molar refractivity (Wildman–Crippen MR) is 65.2 cm³/mol. The van der Waals surface area contributed by atoms with E-state index < -0.39 is 5.54 Å². The van der Waals surface area contributed by atoms with Gasteiger partial charge in [0.1, 0.15) is 11.4 Å². The van der Waals surface area contributed by atoms with Crippen molar-refractivity contribution in [2.75, 3.05) is 5.32 Å². The van der Waals surface area contributed by atoms with Gasteiger partial charge in [-0.15, -0.1) is 0 Å². The fourth-order valence-corrected chi connectivity index (χ4v) is 1.49. The molecule has 0 aliphatic carbocycles. The molecule has 0 bridgehead atoms. The van der Waals surface area contributed by atoms with Gasteiger partial charge in [0, 0.05) is 6.07 Å². The molecule has 2 rings (SSSR count). The van der Waals surface area contributed by atoms with Crippen molar-refractivity contribution < 1.29 is 4.79 Å². The third kappa shape index (κ3) is 2.34. The number of carbonyl (C=O) groups is 1. The molecule has 0 aliphatic heterocycles. The number of nitrogens with one attached hydrogen (secondary N) is 2. The first-order chi connectivity index (χ1) is 8.10. The number of rotatable bonds is 3. The van der Waals surface area contributed by atoms with E-state index in [0.717, 1.165) is 5.56 Å². The summed E-state index contributed by atoms with van der Waals surface area (Å²) >= 11 is 0. The number of aromatic amines is 1. The summed E-state index contributed by atoms with van der Waals surface area (Å²) in [5.74, 6) is 0.246. The second kappa shape index (κ2) is 4.39. The fourth-order valence-electron chi connectivity index (χ4n) is 1.49. The molecule has 5 nitrogen and oxygen atoms in total. The predicted octanol–water partition coefficient (Wildman–Crippen LogP) is 1.22. The van der Waals surface area contributed by atoms with Gasteiger partial charge in [0.2, 0.25) is 5.91 Å². The molecule has 1 aromatic carbocycles. The van der Waals surface area contributed by atoms with Gasteiger partial charge in [-0.2, -0.15) is 5.10 Å². The minimum atomic E-state index is -1.08. The molecule has 5 heteroatoms. The lowest BCUT2D eigenvalue weighted by Crippen LogP contribution is -2.45. The van der Waals surface area contributed by atoms with Crippen LogP contribution in [0.3, 0.4) is 0 Å². The molecule has 1 atom stereocenters. The molecule has 2 aromatic rings. The Labute approximate surface area is 99.0 Å². The number of aromatic nitrogens is 2. The van der Waals surface area contributed by atoms with E-state index in [0.29, 0.717) is 5.82 Å². The van der Waals surface area contributed by atoms with Crippen molar-refractivity contribution >= 4 is 11.7 Å². The van der Waals surface area contributed by atoms with E-state index in [4.69, 9.17) is 5.73 Å². The van der Waals surface area contributed by atoms with Gasteiger partial charge in [0.05, 0.1) is 6.20 Å². The van der Waals surface area contributed by atoms with Gasteiger partial charge in [-0.05, 0) is 12.5 Å². The number of hydrogen-bond acceptors (Lipinski definition) is 3. The number of H-pyrrole nitrogens is 1. The molecule has 4 N–H and O–H groups in total. The summed E-state index contributed by atoms with van der Waals surface area (Å²) in [6, 6.07) is 10.9. The van der Waals surface area contributed by atoms with Crippen molar-refractivity contribution in [2.45, 2.75) is 12.5 Å². The van der Waals surface area contributed by atoms with Crippen LogP contribution in [-0.4, -0.2) is 16.1 Å². The van der Waals surface area contributed by atoms with Crippen LogP contribution in [0.4, 0.5) is 5.82 Å². The zero-order chi connectivity index (χ0) is 12.3. The summed E-state index contributed by atoms with van der Waals surface area (Å²) in [6.45, 7) is 1.67. The van der Waals surface area contributed by atoms with E-state index in [1.807, 2.05) is 30.3 Å². The summed E-state index contributed by atoms with van der Waals surface area (Å²) in [5, 5.41) is 9.08. The number of hydrogen-bond donors (Lipinski definition) is 3. The van der Waals surface area contributed by atoms with Gasteiger partial charge in [-0.3, -0.25) is 9.89 Å². The highest BCUT2D eigenvalue weighted by Crippen LogP contribution is 2.19. The molecule has 1 heterocycles. The average Bonchev–Trinajstić information content (AvgIpc) is 2.83. The third-order valence-electron chi connectivity index (χ3n) is 2.59. The van der Waals surface area contributed by atoms with Gasteiger partial charge in [0.15, 0.2) is 0 Å². The van der Waals surface area contributed by atoms with Crippen molar-refractivity contribution in [1.82, 2.24) is 10.2 Å². The molecular formula is C12H14N4O. The topological polar surface area (TPSA) is 83.8 Å². The van der Waals surface area contributed by atoms with Crippen LogP contribution in [0.1, 0.15) is 12.5 Å². The Kier molecular flexibility index (Phi) is 2.93. The Bertz CT molecular complexity index is 490. The Hall–Kier alpha value is -2.14. The second-order valence-corrected chi connectivity index (χ2v) is 3.99.